The van der Waals surface area contributed by atoms with Gasteiger partial charge in [0.1, 0.15) is 5.75 Å². The Bertz CT molecular complexity index is 742. The average molecular weight is 384 g/mol. The van der Waals surface area contributed by atoms with Gasteiger partial charge in [-0.05, 0) is 80.6 Å². The highest BCUT2D eigenvalue weighted by Gasteiger charge is 2.28. The number of nitriles is 1. The minimum atomic E-state index is -1.58. The van der Waals surface area contributed by atoms with E-state index in [9.17, 15) is 0 Å². The maximum atomic E-state index is 8.87. The number of hydrogen-bond acceptors (Lipinski definition) is 3. The summed E-state index contributed by atoms with van der Waals surface area (Å²) in [5.74, 6) is 0.896. The highest BCUT2D eigenvalue weighted by molar-refractivity contribution is 6.84. The maximum absolute atomic E-state index is 8.87. The number of nitrogens with zero attached hydrogens (tertiary/aromatic N) is 1. The Kier molecular flexibility index (Phi) is 6.82. The second-order valence-corrected chi connectivity index (χ2v) is 17.2. The van der Waals surface area contributed by atoms with Crippen LogP contribution >= 0.6 is 0 Å². The van der Waals surface area contributed by atoms with Gasteiger partial charge >= 0.3 is 0 Å². The molecule has 0 unspecified atom stereocenters. The van der Waals surface area contributed by atoms with Crippen LogP contribution in [0.1, 0.15) is 12.0 Å². The molecule has 2 aromatic rings. The quantitative estimate of drug-likeness (QED) is 0.411. The van der Waals surface area contributed by atoms with E-state index in [1.165, 1.54) is 0 Å². The summed E-state index contributed by atoms with van der Waals surface area (Å²) in [6, 6.07) is 19.0. The molecule has 2 aromatic carbocycles. The van der Waals surface area contributed by atoms with E-state index in [2.05, 4.69) is 50.9 Å². The van der Waals surface area contributed by atoms with Crippen LogP contribution < -0.4 is 4.74 Å². The largest absolute Gasteiger partial charge is 0.494 e. The Morgan fingerprint density at radius 2 is 1.38 bits per heavy atom. The predicted molar refractivity (Wildman–Crippen MR) is 113 cm³/mol. The molecule has 5 heteroatoms. The minimum Gasteiger partial charge on any atom is -0.494 e. The molecule has 0 spiro atoms. The van der Waals surface area contributed by atoms with E-state index in [0.717, 1.165) is 35.9 Å². The maximum Gasteiger partial charge on any atom is 0.173 e. The first-order valence-electron chi connectivity index (χ1n) is 9.12. The molecule has 138 valence electrons. The monoisotopic (exact) mass is 383 g/mol. The lowest BCUT2D eigenvalue weighted by molar-refractivity contribution is 0.315. The molecule has 0 amide bonds. The van der Waals surface area contributed by atoms with E-state index in [-0.39, 0.29) is 0 Å². The molecule has 0 saturated carbocycles. The van der Waals surface area contributed by atoms with Crippen LogP contribution in [0.2, 0.25) is 38.8 Å². The molecular weight excluding hydrogens is 354 g/mol. The predicted octanol–water partition coefficient (Wildman–Crippen LogP) is 6.05. The van der Waals surface area contributed by atoms with E-state index >= 15 is 0 Å². The summed E-state index contributed by atoms with van der Waals surface area (Å²) in [4.78, 5) is 0. The third kappa shape index (κ3) is 6.79. The molecule has 3 nitrogen and oxygen atoms in total. The highest BCUT2D eigenvalue weighted by Crippen LogP contribution is 2.24. The second-order valence-electron chi connectivity index (χ2n) is 8.14. The summed E-state index contributed by atoms with van der Waals surface area (Å²) >= 11 is 0. The van der Waals surface area contributed by atoms with Gasteiger partial charge in [-0.2, -0.15) is 5.26 Å². The van der Waals surface area contributed by atoms with Crippen LogP contribution in [-0.2, 0) is 4.12 Å². The molecule has 0 aliphatic rings. The summed E-state index contributed by atoms with van der Waals surface area (Å²) < 4.78 is 12.3. The first-order valence-corrected chi connectivity index (χ1v) is 15.6. The lowest BCUT2D eigenvalue weighted by Crippen LogP contribution is -2.42. The van der Waals surface area contributed by atoms with Gasteiger partial charge in [-0.3, -0.25) is 0 Å². The van der Waals surface area contributed by atoms with Gasteiger partial charge in [0.25, 0.3) is 0 Å². The zero-order valence-corrected chi connectivity index (χ0v) is 18.5. The molecule has 0 saturated heterocycles. The second kappa shape index (κ2) is 8.67. The van der Waals surface area contributed by atoms with E-state index in [0.29, 0.717) is 5.56 Å². The van der Waals surface area contributed by atoms with Crippen LogP contribution in [-0.4, -0.2) is 23.2 Å². The molecule has 0 radical (unpaired) electrons. The molecule has 0 aromatic heterocycles. The molecule has 2 rings (SSSR count). The van der Waals surface area contributed by atoms with Crippen molar-refractivity contribution in [3.8, 4) is 22.9 Å². The number of rotatable bonds is 8. The van der Waals surface area contributed by atoms with Crippen LogP contribution in [0.25, 0.3) is 11.1 Å². The molecule has 0 aliphatic carbocycles. The van der Waals surface area contributed by atoms with Gasteiger partial charge in [0.15, 0.2) is 16.6 Å². The molecule has 26 heavy (non-hydrogen) atoms. The average Bonchev–Trinajstić information content (AvgIpc) is 2.57. The SMILES string of the molecule is C[Si](C)(C)O[Si](C)(C)CCCOc1ccc(-c2ccc(C#N)cc2)cc1. The van der Waals surface area contributed by atoms with Crippen molar-refractivity contribution in [2.24, 2.45) is 0 Å². The fraction of sp³-hybridized carbons (Fsp3) is 0.381. The standard InChI is InChI=1S/C21H29NO2Si2/c1-25(2,3)24-26(4,5)16-6-15-23-21-13-11-20(12-14-21)19-9-7-18(17-22)8-10-19/h7-14H,6,15-16H2,1-5H3. The Labute approximate surface area is 159 Å². The Morgan fingerprint density at radius 3 is 1.88 bits per heavy atom. The van der Waals surface area contributed by atoms with Crippen molar-refractivity contribution < 1.29 is 8.85 Å². The van der Waals surface area contributed by atoms with Gasteiger partial charge in [0.2, 0.25) is 0 Å². The van der Waals surface area contributed by atoms with Crippen molar-refractivity contribution in [3.05, 3.63) is 54.1 Å². The van der Waals surface area contributed by atoms with Gasteiger partial charge < -0.3 is 8.85 Å². The summed E-state index contributed by atoms with van der Waals surface area (Å²) in [5, 5.41) is 8.87. The molecule has 0 bridgehead atoms. The van der Waals surface area contributed by atoms with Crippen molar-refractivity contribution in [2.45, 2.75) is 45.2 Å². The van der Waals surface area contributed by atoms with Gasteiger partial charge in [0, 0.05) is 0 Å². The molecule has 0 N–H and O–H groups in total. The molecule has 0 atom stereocenters. The Morgan fingerprint density at radius 1 is 0.846 bits per heavy atom. The van der Waals surface area contributed by atoms with Crippen LogP contribution in [0.15, 0.2) is 48.5 Å². The van der Waals surface area contributed by atoms with Gasteiger partial charge in [-0.15, -0.1) is 0 Å². The van der Waals surface area contributed by atoms with Crippen molar-refractivity contribution in [2.75, 3.05) is 6.61 Å². The van der Waals surface area contributed by atoms with E-state index < -0.39 is 16.6 Å². The van der Waals surface area contributed by atoms with Gasteiger partial charge in [-0.1, -0.05) is 24.3 Å². The van der Waals surface area contributed by atoms with Gasteiger partial charge in [-0.25, -0.2) is 0 Å². The van der Waals surface area contributed by atoms with Crippen molar-refractivity contribution in [1.82, 2.24) is 0 Å². The first kappa shape index (κ1) is 20.4. The van der Waals surface area contributed by atoms with Crippen LogP contribution in [0.4, 0.5) is 0 Å². The third-order valence-electron chi connectivity index (χ3n) is 3.98. The van der Waals surface area contributed by atoms with E-state index in [1.807, 2.05) is 36.4 Å². The van der Waals surface area contributed by atoms with Crippen LogP contribution in [0, 0.1) is 11.3 Å². The topological polar surface area (TPSA) is 42.2 Å². The van der Waals surface area contributed by atoms with E-state index in [4.69, 9.17) is 14.1 Å². The van der Waals surface area contributed by atoms with Crippen molar-refractivity contribution in [1.29, 1.82) is 5.26 Å². The summed E-state index contributed by atoms with van der Waals surface area (Å²) in [6.45, 7) is 12.1. The zero-order valence-electron chi connectivity index (χ0n) is 16.5. The van der Waals surface area contributed by atoms with Crippen molar-refractivity contribution in [3.63, 3.8) is 0 Å². The Balaban J connectivity index is 1.83. The molecular formula is C21H29NO2Si2. The lowest BCUT2D eigenvalue weighted by atomic mass is 10.0. The number of benzene rings is 2. The highest BCUT2D eigenvalue weighted by atomic mass is 28.4. The zero-order chi connectivity index (χ0) is 19.2. The minimum absolute atomic E-state index is 0.679. The first-order chi connectivity index (χ1) is 12.2. The smallest absolute Gasteiger partial charge is 0.173 e. The van der Waals surface area contributed by atoms with Crippen molar-refractivity contribution >= 4 is 16.6 Å². The summed E-state index contributed by atoms with van der Waals surface area (Å²) in [7, 11) is -3.04. The van der Waals surface area contributed by atoms with Crippen LogP contribution in [0.3, 0.4) is 0 Å². The lowest BCUT2D eigenvalue weighted by Gasteiger charge is -2.31. The molecule has 0 fully saturated rings. The third-order valence-corrected chi connectivity index (χ3v) is 10.2. The Hall–Kier alpha value is -1.88. The molecule has 0 aliphatic heterocycles. The fourth-order valence-electron chi connectivity index (χ4n) is 3.05. The normalized spacial score (nSPS) is 11.8. The number of hydrogen-bond donors (Lipinski definition) is 0. The summed E-state index contributed by atoms with van der Waals surface area (Å²) in [6.07, 6.45) is 1.03. The van der Waals surface area contributed by atoms with Gasteiger partial charge in [0.05, 0.1) is 18.2 Å². The summed E-state index contributed by atoms with van der Waals surface area (Å²) in [5.41, 5.74) is 2.91. The van der Waals surface area contributed by atoms with E-state index in [1.54, 1.807) is 0 Å². The van der Waals surface area contributed by atoms with Crippen LogP contribution in [0.5, 0.6) is 5.75 Å². The number of ether oxygens (including phenoxy) is 1. The molecule has 0 heterocycles. The fourth-order valence-corrected chi connectivity index (χ4v) is 11.1.